The van der Waals surface area contributed by atoms with Crippen LogP contribution in [0.25, 0.3) is 0 Å². The van der Waals surface area contributed by atoms with Gasteiger partial charge in [-0.25, -0.2) is 4.79 Å². The molecule has 0 N–H and O–H groups in total. The van der Waals surface area contributed by atoms with Gasteiger partial charge in [0.05, 0.1) is 18.2 Å². The molecular formula is C27H29ClO6. The highest BCUT2D eigenvalue weighted by atomic mass is 35.5. The number of carbonyl (C=O) groups is 3. The summed E-state index contributed by atoms with van der Waals surface area (Å²) in [4.78, 5) is 38.8. The smallest absolute Gasteiger partial charge is 0.375 e. The predicted molar refractivity (Wildman–Crippen MR) is 123 cm³/mol. The number of esters is 1. The van der Waals surface area contributed by atoms with Gasteiger partial charge in [0.1, 0.15) is 5.60 Å². The van der Waals surface area contributed by atoms with Crippen molar-refractivity contribution in [3.05, 3.63) is 48.0 Å². The van der Waals surface area contributed by atoms with Crippen LogP contribution < -0.4 is 0 Å². The lowest BCUT2D eigenvalue weighted by Crippen LogP contribution is -2.63. The third-order valence-electron chi connectivity index (χ3n) is 9.99. The lowest BCUT2D eigenvalue weighted by atomic mass is 9.46. The highest BCUT2D eigenvalue weighted by Gasteiger charge is 2.82. The monoisotopic (exact) mass is 484 g/mol. The third kappa shape index (κ3) is 2.44. The fraction of sp³-hybridized carbons (Fsp3) is 0.593. The summed E-state index contributed by atoms with van der Waals surface area (Å²) in [6, 6.07) is 3.17. The number of hydrogen-bond donors (Lipinski definition) is 0. The quantitative estimate of drug-likeness (QED) is 0.351. The number of Topliss-reactive ketones (excluding diaryl/α,β-unsaturated/α-hetero) is 1. The van der Waals surface area contributed by atoms with Crippen molar-refractivity contribution in [3.8, 4) is 0 Å². The molecule has 5 aliphatic rings. The van der Waals surface area contributed by atoms with E-state index in [-0.39, 0.29) is 58.1 Å². The second-order valence-electron chi connectivity index (χ2n) is 11.2. The number of fused-ring (bicyclic) bond motifs is 3. The van der Waals surface area contributed by atoms with Crippen molar-refractivity contribution >= 4 is 29.1 Å². The zero-order valence-corrected chi connectivity index (χ0v) is 20.4. The van der Waals surface area contributed by atoms with E-state index in [9.17, 15) is 14.4 Å². The maximum absolute atomic E-state index is 13.6. The van der Waals surface area contributed by atoms with Gasteiger partial charge >= 0.3 is 5.97 Å². The maximum Gasteiger partial charge on any atom is 0.375 e. The highest BCUT2D eigenvalue weighted by molar-refractivity contribution is 6.29. The molecule has 4 aliphatic carbocycles. The van der Waals surface area contributed by atoms with E-state index in [0.29, 0.717) is 6.42 Å². The number of carbonyl (C=O) groups excluding carboxylic acids is 3. The van der Waals surface area contributed by atoms with Crippen LogP contribution in [0.2, 0.25) is 0 Å². The van der Waals surface area contributed by atoms with Gasteiger partial charge in [-0.15, -0.1) is 11.6 Å². The standard InChI is InChI=1S/C27H29ClO6/c1-15-11-19-18-7-6-16-12-17(29)8-9-24(16,2)27(18)22(33-27)13-25(19,3)26(15,21(30)14-28)34-23(31)20-5-4-10-32-20/h4-5,8-10,12,15,18-19,22H,6-7,11,13-14H2,1-3H3/t15-,18?,19?,22-,24-,25-,26-,27+/m0/s1. The molecule has 1 aliphatic heterocycles. The summed E-state index contributed by atoms with van der Waals surface area (Å²) in [6.45, 7) is 6.27. The summed E-state index contributed by atoms with van der Waals surface area (Å²) in [5, 5.41) is 0. The van der Waals surface area contributed by atoms with Crippen LogP contribution in [0.4, 0.5) is 0 Å². The summed E-state index contributed by atoms with van der Waals surface area (Å²) in [7, 11) is 0. The molecule has 2 unspecified atom stereocenters. The van der Waals surface area contributed by atoms with Crippen LogP contribution in [-0.2, 0) is 19.1 Å². The molecule has 2 heterocycles. The average molecular weight is 485 g/mol. The number of furan rings is 1. The summed E-state index contributed by atoms with van der Waals surface area (Å²) in [5.74, 6) is -0.916. The van der Waals surface area contributed by atoms with E-state index >= 15 is 0 Å². The molecule has 0 amide bonds. The first-order valence-electron chi connectivity index (χ1n) is 12.1. The van der Waals surface area contributed by atoms with E-state index in [1.165, 1.54) is 6.26 Å². The van der Waals surface area contributed by atoms with Gasteiger partial charge in [0.15, 0.2) is 17.2 Å². The van der Waals surface area contributed by atoms with Crippen LogP contribution in [0.1, 0.15) is 57.0 Å². The Bertz CT molecular complexity index is 1150. The molecule has 0 bridgehead atoms. The van der Waals surface area contributed by atoms with E-state index in [1.54, 1.807) is 24.3 Å². The third-order valence-corrected chi connectivity index (χ3v) is 10.2. The Hall–Kier alpha value is -2.18. The first kappa shape index (κ1) is 22.3. The first-order valence-corrected chi connectivity index (χ1v) is 12.7. The zero-order chi connectivity index (χ0) is 24.1. The van der Waals surface area contributed by atoms with Gasteiger partial charge in [-0.1, -0.05) is 25.5 Å². The second-order valence-corrected chi connectivity index (χ2v) is 11.4. The Morgan fingerprint density at radius 3 is 2.76 bits per heavy atom. The predicted octanol–water partition coefficient (Wildman–Crippen LogP) is 4.67. The molecule has 1 saturated heterocycles. The average Bonchev–Trinajstić information content (AvgIpc) is 3.17. The van der Waals surface area contributed by atoms with Gasteiger partial charge in [-0.2, -0.15) is 0 Å². The Labute approximate surface area is 203 Å². The van der Waals surface area contributed by atoms with Crippen molar-refractivity contribution < 1.29 is 28.3 Å². The van der Waals surface area contributed by atoms with Gasteiger partial charge in [0.2, 0.25) is 5.76 Å². The molecule has 6 rings (SSSR count). The highest BCUT2D eigenvalue weighted by Crippen LogP contribution is 2.77. The van der Waals surface area contributed by atoms with Crippen LogP contribution in [0.3, 0.4) is 0 Å². The Morgan fingerprint density at radius 1 is 1.26 bits per heavy atom. The molecule has 0 radical (unpaired) electrons. The fourth-order valence-electron chi connectivity index (χ4n) is 8.53. The number of rotatable bonds is 4. The van der Waals surface area contributed by atoms with Crippen LogP contribution in [-0.4, -0.2) is 40.7 Å². The molecule has 0 aromatic carbocycles. The topological polar surface area (TPSA) is 86.1 Å². The molecule has 8 atom stereocenters. The summed E-state index contributed by atoms with van der Waals surface area (Å²) in [6.07, 6.45) is 9.84. The molecule has 34 heavy (non-hydrogen) atoms. The molecule has 6 nitrogen and oxygen atoms in total. The fourth-order valence-corrected chi connectivity index (χ4v) is 8.73. The number of ketones is 2. The molecular weight excluding hydrogens is 456 g/mol. The molecule has 1 spiro atoms. The van der Waals surface area contributed by atoms with Crippen molar-refractivity contribution in [2.24, 2.45) is 28.6 Å². The van der Waals surface area contributed by atoms with Crippen LogP contribution in [0.15, 0.2) is 46.6 Å². The number of allylic oxidation sites excluding steroid dienone is 2. The van der Waals surface area contributed by atoms with Gasteiger partial charge in [-0.3, -0.25) is 9.59 Å². The number of halogens is 1. The van der Waals surface area contributed by atoms with Gasteiger partial charge in [0, 0.05) is 16.7 Å². The largest absolute Gasteiger partial charge is 0.457 e. The molecule has 1 aromatic rings. The van der Waals surface area contributed by atoms with Gasteiger partial charge < -0.3 is 13.9 Å². The van der Waals surface area contributed by atoms with E-state index in [2.05, 4.69) is 13.8 Å². The summed E-state index contributed by atoms with van der Waals surface area (Å²) >= 11 is 6.15. The second kappa shape index (κ2) is 6.94. The van der Waals surface area contributed by atoms with Crippen molar-refractivity contribution in [2.75, 3.05) is 5.88 Å². The van der Waals surface area contributed by atoms with E-state index in [4.69, 9.17) is 25.5 Å². The van der Waals surface area contributed by atoms with Crippen molar-refractivity contribution in [2.45, 2.75) is 63.8 Å². The number of alkyl halides is 1. The molecule has 180 valence electrons. The van der Waals surface area contributed by atoms with Crippen LogP contribution in [0.5, 0.6) is 0 Å². The Kier molecular flexibility index (Phi) is 4.55. The molecule has 1 aromatic heterocycles. The van der Waals surface area contributed by atoms with E-state index in [1.807, 2.05) is 13.0 Å². The zero-order valence-electron chi connectivity index (χ0n) is 19.6. The van der Waals surface area contributed by atoms with Gasteiger partial charge in [-0.05, 0) is 68.7 Å². The lowest BCUT2D eigenvalue weighted by molar-refractivity contribution is -0.162. The molecule has 3 saturated carbocycles. The normalized spacial score (nSPS) is 46.0. The Morgan fingerprint density at radius 2 is 2.06 bits per heavy atom. The summed E-state index contributed by atoms with van der Waals surface area (Å²) in [5.41, 5.74) is -1.56. The number of hydrogen-bond acceptors (Lipinski definition) is 6. The van der Waals surface area contributed by atoms with Gasteiger partial charge in [0.25, 0.3) is 0 Å². The molecule has 7 heteroatoms. The molecule has 4 fully saturated rings. The number of ether oxygens (including phenoxy) is 2. The van der Waals surface area contributed by atoms with Crippen molar-refractivity contribution in [3.63, 3.8) is 0 Å². The van der Waals surface area contributed by atoms with E-state index < -0.39 is 17.0 Å². The maximum atomic E-state index is 13.6. The minimum atomic E-state index is -1.35. The SMILES string of the molecule is C[C@H]1CC2C3CCC4=CC(=O)C=C[C@]4(C)[C@@]34O[C@H]4C[C@]2(C)[C@@]1(OC(=O)c1ccco1)C(=O)CCl. The van der Waals surface area contributed by atoms with E-state index in [0.717, 1.165) is 24.8 Å². The summed E-state index contributed by atoms with van der Waals surface area (Å²) < 4.78 is 18.0. The van der Waals surface area contributed by atoms with Crippen molar-refractivity contribution in [1.29, 1.82) is 0 Å². The van der Waals surface area contributed by atoms with Crippen molar-refractivity contribution in [1.82, 2.24) is 0 Å². The minimum Gasteiger partial charge on any atom is -0.457 e. The first-order chi connectivity index (χ1) is 16.1. The lowest BCUT2D eigenvalue weighted by Gasteiger charge is -2.56. The Balaban J connectivity index is 1.43. The van der Waals surface area contributed by atoms with Crippen LogP contribution >= 0.6 is 11.6 Å². The number of epoxide rings is 1. The van der Waals surface area contributed by atoms with Crippen LogP contribution in [0, 0.1) is 28.6 Å². The minimum absolute atomic E-state index is 0.0335.